The first-order chi connectivity index (χ1) is 7.40. The van der Waals surface area contributed by atoms with E-state index < -0.39 is 0 Å². The Morgan fingerprint density at radius 3 is 3.00 bits per heavy atom. The molecule has 0 aliphatic carbocycles. The third kappa shape index (κ3) is 2.89. The first-order valence-electron chi connectivity index (χ1n) is 4.99. The molecule has 1 aromatic rings. The van der Waals surface area contributed by atoms with Crippen LogP contribution in [0.5, 0.6) is 0 Å². The van der Waals surface area contributed by atoms with Crippen LogP contribution in [0, 0.1) is 0 Å². The monoisotopic (exact) mass is 226 g/mol. The zero-order valence-electron chi connectivity index (χ0n) is 8.39. The molecule has 0 bridgehead atoms. The van der Waals surface area contributed by atoms with Crippen molar-refractivity contribution in [1.29, 1.82) is 0 Å². The van der Waals surface area contributed by atoms with Gasteiger partial charge in [-0.2, -0.15) is 0 Å². The molecule has 2 heterocycles. The number of hydrogen-bond donors (Lipinski definition) is 1. The third-order valence-corrected chi connectivity index (χ3v) is 3.07. The van der Waals surface area contributed by atoms with Gasteiger partial charge in [0.1, 0.15) is 0 Å². The highest BCUT2D eigenvalue weighted by Crippen LogP contribution is 2.29. The largest absolute Gasteiger partial charge is 0.396 e. The quantitative estimate of drug-likeness (QED) is 0.855. The van der Waals surface area contributed by atoms with Gasteiger partial charge in [0.05, 0.1) is 18.1 Å². The minimum Gasteiger partial charge on any atom is -0.396 e. The van der Waals surface area contributed by atoms with Crippen molar-refractivity contribution in [3.8, 4) is 0 Å². The second-order valence-electron chi connectivity index (χ2n) is 3.27. The molecular weight excluding hydrogens is 212 g/mol. The second-order valence-corrected chi connectivity index (χ2v) is 4.21. The lowest BCUT2D eigenvalue weighted by Gasteiger charge is -2.04. The van der Waals surface area contributed by atoms with Gasteiger partial charge in [0.15, 0.2) is 6.29 Å². The van der Waals surface area contributed by atoms with Crippen LogP contribution in [0.3, 0.4) is 0 Å². The van der Waals surface area contributed by atoms with Gasteiger partial charge in [0.25, 0.3) is 0 Å². The fourth-order valence-corrected chi connectivity index (χ4v) is 2.27. The van der Waals surface area contributed by atoms with Crippen LogP contribution in [0.4, 0.5) is 0 Å². The Kier molecular flexibility index (Phi) is 3.91. The van der Waals surface area contributed by atoms with Crippen LogP contribution in [0.15, 0.2) is 17.5 Å². The summed E-state index contributed by atoms with van der Waals surface area (Å²) in [6, 6.07) is 2.06. The summed E-state index contributed by atoms with van der Waals surface area (Å²) in [5.74, 6) is 0. The van der Waals surface area contributed by atoms with Gasteiger partial charge in [-0.1, -0.05) is 12.2 Å². The summed E-state index contributed by atoms with van der Waals surface area (Å²) in [6.07, 6.45) is 4.49. The Morgan fingerprint density at radius 1 is 1.47 bits per heavy atom. The molecule has 1 aliphatic heterocycles. The van der Waals surface area contributed by atoms with Gasteiger partial charge in [-0.15, -0.1) is 11.3 Å². The van der Waals surface area contributed by atoms with Gasteiger partial charge in [-0.05, 0) is 23.4 Å². The lowest BCUT2D eigenvalue weighted by atomic mass is 10.2. The smallest absolute Gasteiger partial charge is 0.193 e. The van der Waals surface area contributed by atoms with E-state index in [9.17, 15) is 0 Å². The number of aliphatic hydroxyl groups excluding tert-OH is 1. The molecule has 82 valence electrons. The molecule has 1 N–H and O–H groups in total. The summed E-state index contributed by atoms with van der Waals surface area (Å²) in [7, 11) is 0. The van der Waals surface area contributed by atoms with Crippen molar-refractivity contribution in [2.45, 2.75) is 12.7 Å². The van der Waals surface area contributed by atoms with Crippen molar-refractivity contribution in [1.82, 2.24) is 0 Å². The molecule has 0 spiro atoms. The summed E-state index contributed by atoms with van der Waals surface area (Å²) < 4.78 is 10.8. The van der Waals surface area contributed by atoms with Gasteiger partial charge in [-0.25, -0.2) is 0 Å². The lowest BCUT2D eigenvalue weighted by molar-refractivity contribution is -0.0413. The molecule has 1 fully saturated rings. The summed E-state index contributed by atoms with van der Waals surface area (Å²) in [5, 5.41) is 10.7. The first-order valence-corrected chi connectivity index (χ1v) is 5.87. The number of rotatable bonds is 4. The summed E-state index contributed by atoms with van der Waals surface area (Å²) >= 11 is 1.64. The Morgan fingerprint density at radius 2 is 2.27 bits per heavy atom. The third-order valence-electron chi connectivity index (χ3n) is 2.10. The highest BCUT2D eigenvalue weighted by Gasteiger charge is 2.19. The van der Waals surface area contributed by atoms with Gasteiger partial charge in [0.2, 0.25) is 0 Å². The van der Waals surface area contributed by atoms with Crippen LogP contribution in [-0.4, -0.2) is 24.9 Å². The molecule has 0 unspecified atom stereocenters. The van der Waals surface area contributed by atoms with Crippen LogP contribution in [-0.2, 0) is 9.47 Å². The minimum atomic E-state index is -0.171. The van der Waals surface area contributed by atoms with Crippen LogP contribution in [0.25, 0.3) is 6.08 Å². The Labute approximate surface area is 93.0 Å². The van der Waals surface area contributed by atoms with Crippen molar-refractivity contribution in [2.24, 2.45) is 0 Å². The van der Waals surface area contributed by atoms with E-state index in [-0.39, 0.29) is 12.9 Å². The standard InChI is InChI=1S/C11H14O3S/c12-4-2-1-3-9-7-10(15-8-9)11-13-5-6-14-11/h1,3,7-8,11-12H,2,4-6H2. The molecule has 1 aromatic heterocycles. The highest BCUT2D eigenvalue weighted by atomic mass is 32.1. The Hall–Kier alpha value is -0.680. The van der Waals surface area contributed by atoms with Gasteiger partial charge in [0, 0.05) is 6.61 Å². The molecule has 1 saturated heterocycles. The van der Waals surface area contributed by atoms with Gasteiger partial charge in [-0.3, -0.25) is 0 Å². The fraction of sp³-hybridized carbons (Fsp3) is 0.455. The maximum atomic E-state index is 8.63. The van der Waals surface area contributed by atoms with Crippen molar-refractivity contribution < 1.29 is 14.6 Å². The van der Waals surface area contributed by atoms with Crippen LogP contribution in [0.1, 0.15) is 23.2 Å². The minimum absolute atomic E-state index is 0.171. The topological polar surface area (TPSA) is 38.7 Å². The van der Waals surface area contributed by atoms with Crippen LogP contribution < -0.4 is 0 Å². The van der Waals surface area contributed by atoms with E-state index in [4.69, 9.17) is 14.6 Å². The summed E-state index contributed by atoms with van der Waals surface area (Å²) in [6.45, 7) is 1.55. The number of hydrogen-bond acceptors (Lipinski definition) is 4. The van der Waals surface area contributed by atoms with E-state index in [0.717, 1.165) is 10.4 Å². The van der Waals surface area contributed by atoms with E-state index in [1.54, 1.807) is 11.3 Å². The predicted molar refractivity (Wildman–Crippen MR) is 59.7 cm³/mol. The molecule has 0 atom stereocenters. The van der Waals surface area contributed by atoms with E-state index in [2.05, 4.69) is 11.4 Å². The molecule has 15 heavy (non-hydrogen) atoms. The first kappa shape index (κ1) is 10.8. The molecule has 0 saturated carbocycles. The predicted octanol–water partition coefficient (Wildman–Crippen LogP) is 2.19. The molecule has 3 nitrogen and oxygen atoms in total. The van der Waals surface area contributed by atoms with E-state index >= 15 is 0 Å². The van der Waals surface area contributed by atoms with Crippen molar-refractivity contribution in [3.63, 3.8) is 0 Å². The van der Waals surface area contributed by atoms with Crippen molar-refractivity contribution in [2.75, 3.05) is 19.8 Å². The number of thiophene rings is 1. The average Bonchev–Trinajstić information content (AvgIpc) is 2.87. The van der Waals surface area contributed by atoms with E-state index in [1.807, 2.05) is 12.2 Å². The Bertz CT molecular complexity index is 326. The molecule has 0 amide bonds. The van der Waals surface area contributed by atoms with Crippen molar-refractivity contribution in [3.05, 3.63) is 28.0 Å². The summed E-state index contributed by atoms with van der Waals surface area (Å²) in [5.41, 5.74) is 1.14. The van der Waals surface area contributed by atoms with Gasteiger partial charge >= 0.3 is 0 Å². The Balaban J connectivity index is 1.97. The zero-order valence-corrected chi connectivity index (χ0v) is 9.20. The molecule has 1 aliphatic rings. The zero-order chi connectivity index (χ0) is 10.5. The fourth-order valence-electron chi connectivity index (χ4n) is 1.40. The number of ether oxygens (including phenoxy) is 2. The normalized spacial score (nSPS) is 17.9. The maximum Gasteiger partial charge on any atom is 0.193 e. The van der Waals surface area contributed by atoms with Crippen LogP contribution in [0.2, 0.25) is 0 Å². The van der Waals surface area contributed by atoms with E-state index in [1.165, 1.54) is 0 Å². The van der Waals surface area contributed by atoms with Gasteiger partial charge < -0.3 is 14.6 Å². The maximum absolute atomic E-state index is 8.63. The lowest BCUT2D eigenvalue weighted by Crippen LogP contribution is -1.93. The van der Waals surface area contributed by atoms with Crippen molar-refractivity contribution >= 4 is 17.4 Å². The molecule has 0 aromatic carbocycles. The summed E-state index contributed by atoms with van der Waals surface area (Å²) in [4.78, 5) is 1.11. The second kappa shape index (κ2) is 5.42. The van der Waals surface area contributed by atoms with E-state index in [0.29, 0.717) is 19.6 Å². The molecule has 4 heteroatoms. The number of aliphatic hydroxyl groups is 1. The molecular formula is C11H14O3S. The highest BCUT2D eigenvalue weighted by molar-refractivity contribution is 7.10. The van der Waals surface area contributed by atoms with Crippen LogP contribution >= 0.6 is 11.3 Å². The average molecular weight is 226 g/mol. The molecule has 0 radical (unpaired) electrons. The SMILES string of the molecule is OCCC=Cc1csc(C2OCCO2)c1. The molecule has 2 rings (SSSR count).